The fraction of sp³-hybridized carbons (Fsp3) is 0.955. The summed E-state index contributed by atoms with van der Waals surface area (Å²) in [5, 5.41) is 43.6. The van der Waals surface area contributed by atoms with Crippen LogP contribution in [0.3, 0.4) is 0 Å². The molecular weight excluding hydrogens is 360 g/mol. The van der Waals surface area contributed by atoms with Crippen molar-refractivity contribution >= 4 is 5.97 Å². The number of esters is 1. The summed E-state index contributed by atoms with van der Waals surface area (Å²) < 4.78 is 5.17. The molecule has 9 atom stereocenters. The lowest BCUT2D eigenvalue weighted by Gasteiger charge is -2.65. The molecule has 160 valence electrons. The summed E-state index contributed by atoms with van der Waals surface area (Å²) in [4.78, 5) is 11.3. The van der Waals surface area contributed by atoms with Gasteiger partial charge in [0.25, 0.3) is 0 Å². The zero-order valence-corrected chi connectivity index (χ0v) is 17.4. The zero-order chi connectivity index (χ0) is 20.5. The van der Waals surface area contributed by atoms with E-state index in [0.717, 1.165) is 38.5 Å². The van der Waals surface area contributed by atoms with Crippen molar-refractivity contribution in [3.8, 4) is 0 Å². The lowest BCUT2D eigenvalue weighted by atomic mass is 9.40. The van der Waals surface area contributed by atoms with Crippen molar-refractivity contribution in [1.29, 1.82) is 0 Å². The average Bonchev–Trinajstić information content (AvgIpc) is 2.82. The van der Waals surface area contributed by atoms with E-state index in [0.29, 0.717) is 6.42 Å². The molecule has 4 saturated carbocycles. The van der Waals surface area contributed by atoms with Gasteiger partial charge < -0.3 is 25.2 Å². The van der Waals surface area contributed by atoms with Gasteiger partial charge >= 0.3 is 5.97 Å². The van der Waals surface area contributed by atoms with Crippen molar-refractivity contribution in [2.45, 2.75) is 83.5 Å². The van der Waals surface area contributed by atoms with Gasteiger partial charge in [-0.15, -0.1) is 0 Å². The number of hydrogen-bond donors (Lipinski definition) is 4. The number of ether oxygens (including phenoxy) is 1. The third-order valence-electron chi connectivity index (χ3n) is 9.70. The number of fused-ring (bicyclic) bond motifs is 3. The minimum absolute atomic E-state index is 0.0320. The molecule has 0 saturated heterocycles. The first kappa shape index (κ1) is 20.6. The Morgan fingerprint density at radius 1 is 1.07 bits per heavy atom. The standard InChI is InChI=1S/C22H36O6/c1-13(24)28-12-22(27)14-4-5-16-19(2)8-7-17(25)20(3,11-23)15(19)6-9-21(16,10-14)18(22)26/h14-18,23,25-27H,4-12H2,1-3H3/t14-,15+,16+,17-,18-,19-,20+,21-,22+/m1/s1. The zero-order valence-electron chi connectivity index (χ0n) is 17.4. The highest BCUT2D eigenvalue weighted by Gasteiger charge is 2.72. The van der Waals surface area contributed by atoms with Gasteiger partial charge in [-0.1, -0.05) is 13.8 Å². The predicted octanol–water partition coefficient (Wildman–Crippen LogP) is 1.63. The third-order valence-corrected chi connectivity index (χ3v) is 9.70. The molecule has 4 aliphatic rings. The Morgan fingerprint density at radius 2 is 1.79 bits per heavy atom. The number of aliphatic hydroxyl groups excluding tert-OH is 3. The maximum Gasteiger partial charge on any atom is 0.302 e. The van der Waals surface area contributed by atoms with Crippen molar-refractivity contribution in [3.63, 3.8) is 0 Å². The van der Waals surface area contributed by atoms with Gasteiger partial charge in [0.1, 0.15) is 12.2 Å². The maximum absolute atomic E-state index is 11.4. The summed E-state index contributed by atoms with van der Waals surface area (Å²) >= 11 is 0. The molecule has 1 spiro atoms. The van der Waals surface area contributed by atoms with Gasteiger partial charge in [0, 0.05) is 17.8 Å². The number of carbonyl (C=O) groups excluding carboxylic acids is 1. The fourth-order valence-electron chi connectivity index (χ4n) is 8.26. The molecule has 4 fully saturated rings. The molecule has 6 heteroatoms. The van der Waals surface area contributed by atoms with E-state index in [1.54, 1.807) is 0 Å². The van der Waals surface area contributed by atoms with E-state index in [9.17, 15) is 25.2 Å². The second-order valence-corrected chi connectivity index (χ2v) is 10.8. The van der Waals surface area contributed by atoms with E-state index in [2.05, 4.69) is 6.92 Å². The summed E-state index contributed by atoms with van der Waals surface area (Å²) in [6.45, 7) is 5.43. The Bertz CT molecular complexity index is 653. The topological polar surface area (TPSA) is 107 Å². The molecule has 4 rings (SSSR count). The van der Waals surface area contributed by atoms with E-state index < -0.39 is 29.2 Å². The fourth-order valence-corrected chi connectivity index (χ4v) is 8.26. The second-order valence-electron chi connectivity index (χ2n) is 10.8. The Kier molecular flexibility index (Phi) is 4.70. The summed E-state index contributed by atoms with van der Waals surface area (Å²) in [6, 6.07) is 0. The van der Waals surface area contributed by atoms with E-state index in [-0.39, 0.29) is 41.8 Å². The predicted molar refractivity (Wildman–Crippen MR) is 102 cm³/mol. The van der Waals surface area contributed by atoms with Crippen molar-refractivity contribution in [1.82, 2.24) is 0 Å². The molecular formula is C22H36O6. The summed E-state index contributed by atoms with van der Waals surface area (Å²) in [5.41, 5.74) is -2.36. The molecule has 0 unspecified atom stereocenters. The van der Waals surface area contributed by atoms with Crippen molar-refractivity contribution in [3.05, 3.63) is 0 Å². The number of aliphatic hydroxyl groups is 4. The van der Waals surface area contributed by atoms with Crippen LogP contribution in [-0.2, 0) is 9.53 Å². The average molecular weight is 397 g/mol. The lowest BCUT2D eigenvalue weighted by Crippen LogP contribution is -2.63. The molecule has 4 aliphatic carbocycles. The Labute approximate surface area is 167 Å². The third kappa shape index (κ3) is 2.44. The van der Waals surface area contributed by atoms with Gasteiger partial charge in [0.2, 0.25) is 0 Å². The van der Waals surface area contributed by atoms with E-state index in [1.807, 2.05) is 6.92 Å². The highest BCUT2D eigenvalue weighted by atomic mass is 16.5. The molecule has 6 nitrogen and oxygen atoms in total. The van der Waals surface area contributed by atoms with Crippen LogP contribution in [0.1, 0.15) is 65.7 Å². The van der Waals surface area contributed by atoms with Crippen molar-refractivity contribution in [2.75, 3.05) is 13.2 Å². The van der Waals surface area contributed by atoms with Crippen LogP contribution in [0.4, 0.5) is 0 Å². The quantitative estimate of drug-likeness (QED) is 0.540. The Hall–Kier alpha value is -0.690. The maximum atomic E-state index is 11.4. The smallest absolute Gasteiger partial charge is 0.302 e. The normalized spacial score (nSPS) is 55.3. The van der Waals surface area contributed by atoms with Gasteiger partial charge in [-0.25, -0.2) is 0 Å². The summed E-state index contributed by atoms with van der Waals surface area (Å²) in [7, 11) is 0. The van der Waals surface area contributed by atoms with Crippen LogP contribution in [0.2, 0.25) is 0 Å². The van der Waals surface area contributed by atoms with E-state index >= 15 is 0 Å². The van der Waals surface area contributed by atoms with Crippen molar-refractivity contribution < 1.29 is 30.0 Å². The van der Waals surface area contributed by atoms with Gasteiger partial charge in [-0.05, 0) is 68.1 Å². The molecule has 4 N–H and O–H groups in total. The Morgan fingerprint density at radius 3 is 2.43 bits per heavy atom. The first-order valence-corrected chi connectivity index (χ1v) is 10.9. The largest absolute Gasteiger partial charge is 0.463 e. The van der Waals surface area contributed by atoms with Crippen LogP contribution in [0, 0.1) is 34.0 Å². The summed E-state index contributed by atoms with van der Waals surface area (Å²) in [5.74, 6) is -0.0755. The monoisotopic (exact) mass is 396 g/mol. The second kappa shape index (κ2) is 6.40. The van der Waals surface area contributed by atoms with Gasteiger partial charge in [0.05, 0.1) is 18.8 Å². The van der Waals surface area contributed by atoms with Crippen LogP contribution in [0.5, 0.6) is 0 Å². The van der Waals surface area contributed by atoms with Crippen LogP contribution < -0.4 is 0 Å². The number of carbonyl (C=O) groups is 1. The molecule has 2 bridgehead atoms. The minimum Gasteiger partial charge on any atom is -0.463 e. The Balaban J connectivity index is 1.69. The SMILES string of the molecule is CC(=O)OC[C@]1(O)[C@@H]2CC[C@H]3[C@]4(C)CC[C@@H](O)[C@@](C)(CO)[C@H]4CC[C@]3(C2)[C@H]1O. The molecule has 0 aromatic carbocycles. The van der Waals surface area contributed by atoms with Crippen LogP contribution in [0.15, 0.2) is 0 Å². The van der Waals surface area contributed by atoms with E-state index in [4.69, 9.17) is 4.74 Å². The molecule has 0 aromatic rings. The molecule has 0 amide bonds. The first-order chi connectivity index (χ1) is 13.0. The highest BCUT2D eigenvalue weighted by molar-refractivity contribution is 5.66. The van der Waals surface area contributed by atoms with Crippen LogP contribution >= 0.6 is 0 Å². The molecule has 0 aromatic heterocycles. The summed E-state index contributed by atoms with van der Waals surface area (Å²) in [6.07, 6.45) is 4.22. The van der Waals surface area contributed by atoms with Gasteiger partial charge in [-0.2, -0.15) is 0 Å². The minimum atomic E-state index is -1.38. The van der Waals surface area contributed by atoms with Crippen LogP contribution in [-0.4, -0.2) is 57.4 Å². The highest BCUT2D eigenvalue weighted by Crippen LogP contribution is 2.72. The van der Waals surface area contributed by atoms with Gasteiger partial charge in [-0.3, -0.25) is 4.79 Å². The molecule has 0 heterocycles. The van der Waals surface area contributed by atoms with E-state index in [1.165, 1.54) is 6.92 Å². The number of hydrogen-bond acceptors (Lipinski definition) is 6. The molecule has 0 radical (unpaired) electrons. The molecule has 0 aliphatic heterocycles. The van der Waals surface area contributed by atoms with Crippen LogP contribution in [0.25, 0.3) is 0 Å². The van der Waals surface area contributed by atoms with Gasteiger partial charge in [0.15, 0.2) is 0 Å². The lowest BCUT2D eigenvalue weighted by molar-refractivity contribution is -0.219. The molecule has 28 heavy (non-hydrogen) atoms. The number of rotatable bonds is 3. The van der Waals surface area contributed by atoms with Crippen molar-refractivity contribution in [2.24, 2.45) is 34.0 Å². The first-order valence-electron chi connectivity index (χ1n) is 10.9.